The molecule has 1 aromatic heterocycles. The topological polar surface area (TPSA) is 97.7 Å². The van der Waals surface area contributed by atoms with Crippen LogP contribution in [0.4, 0.5) is 11.4 Å². The molecule has 34 heavy (non-hydrogen) atoms. The van der Waals surface area contributed by atoms with Crippen LogP contribution in [0.5, 0.6) is 0 Å². The number of nitro benzene ring substituents is 2. The van der Waals surface area contributed by atoms with Gasteiger partial charge < -0.3 is 4.57 Å². The molecule has 5 rings (SSSR count). The smallest absolute Gasteiger partial charge is 0.269 e. The zero-order valence-corrected chi connectivity index (χ0v) is 19.5. The molecule has 0 aliphatic carbocycles. The van der Waals surface area contributed by atoms with E-state index in [1.54, 1.807) is 24.3 Å². The molecule has 3 aromatic rings. The molecule has 0 saturated heterocycles. The van der Waals surface area contributed by atoms with Gasteiger partial charge in [0.15, 0.2) is 0 Å². The van der Waals surface area contributed by atoms with Crippen molar-refractivity contribution in [2.75, 3.05) is 27.2 Å². The average Bonchev–Trinajstić information content (AvgIpc) is 3.11. The van der Waals surface area contributed by atoms with Crippen molar-refractivity contribution < 1.29 is 9.85 Å². The fourth-order valence-corrected chi connectivity index (χ4v) is 5.71. The highest BCUT2D eigenvalue weighted by molar-refractivity contribution is 5.53. The number of likely N-dealkylation sites (N-methyl/N-ethyl adjacent to an activating group) is 2. The van der Waals surface area contributed by atoms with Crippen molar-refractivity contribution >= 4 is 11.4 Å². The summed E-state index contributed by atoms with van der Waals surface area (Å²) in [5, 5.41) is 22.4. The van der Waals surface area contributed by atoms with Crippen LogP contribution in [0.1, 0.15) is 45.7 Å². The van der Waals surface area contributed by atoms with Crippen LogP contribution in [0.3, 0.4) is 0 Å². The maximum Gasteiger partial charge on any atom is 0.269 e. The first-order valence-electron chi connectivity index (χ1n) is 11.4. The van der Waals surface area contributed by atoms with Gasteiger partial charge in [0.05, 0.1) is 21.9 Å². The summed E-state index contributed by atoms with van der Waals surface area (Å²) in [7, 11) is 6.33. The lowest BCUT2D eigenvalue weighted by Gasteiger charge is -2.38. The SMILES string of the molecule is CN1CCc2c(c3c(n2C)CCN(C)C3c2ccc([N+](=O)[O-])cc2)C1c1ccc([N+](=O)[O-])cc1. The Labute approximate surface area is 197 Å². The van der Waals surface area contributed by atoms with Gasteiger partial charge >= 0.3 is 0 Å². The van der Waals surface area contributed by atoms with Gasteiger partial charge in [-0.25, -0.2) is 0 Å². The predicted molar refractivity (Wildman–Crippen MR) is 128 cm³/mol. The summed E-state index contributed by atoms with van der Waals surface area (Å²) in [6.07, 6.45) is 1.85. The fraction of sp³-hybridized carbons (Fsp3) is 0.360. The number of benzene rings is 2. The lowest BCUT2D eigenvalue weighted by molar-refractivity contribution is -0.385. The molecule has 0 saturated carbocycles. The number of hydrogen-bond acceptors (Lipinski definition) is 6. The highest BCUT2D eigenvalue weighted by Crippen LogP contribution is 2.46. The second-order valence-corrected chi connectivity index (χ2v) is 9.24. The molecular formula is C25H27N5O4. The number of non-ortho nitro benzene ring substituents is 2. The quantitative estimate of drug-likeness (QED) is 0.430. The molecule has 9 nitrogen and oxygen atoms in total. The molecule has 0 bridgehead atoms. The standard InChI is InChI=1S/C25H27N5O4/c1-26-14-12-20-22(24(26)16-4-8-18(9-5-16)29(31)32)23-21(28(20)3)13-15-27(2)25(23)17-6-10-19(11-7-17)30(33)34/h4-11,24-25H,12-15H2,1-3H3. The Morgan fingerprint density at radius 1 is 0.676 bits per heavy atom. The Hall–Kier alpha value is -3.56. The molecule has 0 amide bonds. The van der Waals surface area contributed by atoms with E-state index in [-0.39, 0.29) is 33.3 Å². The van der Waals surface area contributed by atoms with Crippen LogP contribution in [0.2, 0.25) is 0 Å². The summed E-state index contributed by atoms with van der Waals surface area (Å²) in [5.41, 5.74) is 7.34. The van der Waals surface area contributed by atoms with Gasteiger partial charge in [-0.05, 0) is 25.2 Å². The van der Waals surface area contributed by atoms with Gasteiger partial charge in [0.25, 0.3) is 11.4 Å². The van der Waals surface area contributed by atoms with E-state index in [1.807, 2.05) is 24.3 Å². The van der Waals surface area contributed by atoms with E-state index in [2.05, 4.69) is 35.5 Å². The molecule has 0 spiro atoms. The molecule has 3 heterocycles. The molecule has 0 N–H and O–H groups in total. The van der Waals surface area contributed by atoms with E-state index in [1.165, 1.54) is 22.5 Å². The predicted octanol–water partition coefficient (Wildman–Crippen LogP) is 4.00. The minimum absolute atomic E-state index is 0.0217. The summed E-state index contributed by atoms with van der Waals surface area (Å²) in [6, 6.07) is 13.7. The Morgan fingerprint density at radius 2 is 1.03 bits per heavy atom. The third-order valence-electron chi connectivity index (χ3n) is 7.39. The van der Waals surface area contributed by atoms with Gasteiger partial charge in [0.1, 0.15) is 0 Å². The molecule has 0 radical (unpaired) electrons. The average molecular weight is 462 g/mol. The van der Waals surface area contributed by atoms with Gasteiger partial charge in [-0.1, -0.05) is 24.3 Å². The van der Waals surface area contributed by atoms with E-state index < -0.39 is 0 Å². The van der Waals surface area contributed by atoms with Crippen LogP contribution in [0, 0.1) is 20.2 Å². The van der Waals surface area contributed by atoms with E-state index in [4.69, 9.17) is 0 Å². The summed E-state index contributed by atoms with van der Waals surface area (Å²) in [4.78, 5) is 26.3. The van der Waals surface area contributed by atoms with Crippen LogP contribution >= 0.6 is 0 Å². The van der Waals surface area contributed by atoms with Crippen LogP contribution in [-0.4, -0.2) is 51.4 Å². The number of hydrogen-bond donors (Lipinski definition) is 0. The van der Waals surface area contributed by atoms with Gasteiger partial charge in [-0.15, -0.1) is 0 Å². The highest BCUT2D eigenvalue weighted by atomic mass is 16.6. The highest BCUT2D eigenvalue weighted by Gasteiger charge is 2.39. The molecule has 2 aliphatic rings. The Morgan fingerprint density at radius 3 is 1.35 bits per heavy atom. The molecule has 176 valence electrons. The normalized spacial score (nSPS) is 20.6. The minimum Gasteiger partial charge on any atom is -0.351 e. The van der Waals surface area contributed by atoms with E-state index in [9.17, 15) is 20.2 Å². The van der Waals surface area contributed by atoms with Crippen molar-refractivity contribution in [3.8, 4) is 0 Å². The van der Waals surface area contributed by atoms with Gasteiger partial charge in [-0.2, -0.15) is 0 Å². The summed E-state index contributed by atoms with van der Waals surface area (Å²) in [6.45, 7) is 1.78. The van der Waals surface area contributed by atoms with E-state index in [0.29, 0.717) is 0 Å². The maximum atomic E-state index is 11.2. The number of nitro groups is 2. The summed E-state index contributed by atoms with van der Waals surface area (Å²) >= 11 is 0. The molecule has 2 atom stereocenters. The molecule has 2 unspecified atom stereocenters. The second-order valence-electron chi connectivity index (χ2n) is 9.24. The maximum absolute atomic E-state index is 11.2. The number of rotatable bonds is 4. The monoisotopic (exact) mass is 461 g/mol. The van der Waals surface area contributed by atoms with E-state index >= 15 is 0 Å². The Kier molecular flexibility index (Phi) is 5.45. The Bertz CT molecular complexity index is 1170. The molecular weight excluding hydrogens is 434 g/mol. The summed E-state index contributed by atoms with van der Waals surface area (Å²) in [5.74, 6) is 0. The van der Waals surface area contributed by atoms with Gasteiger partial charge in [-0.3, -0.25) is 30.0 Å². The lowest BCUT2D eigenvalue weighted by atomic mass is 9.83. The number of fused-ring (bicyclic) bond motifs is 3. The first kappa shape index (κ1) is 22.2. The first-order chi connectivity index (χ1) is 16.3. The Balaban J connectivity index is 1.68. The second kappa shape index (κ2) is 8.34. The molecule has 9 heteroatoms. The van der Waals surface area contributed by atoms with Crippen LogP contribution in [0.25, 0.3) is 0 Å². The third kappa shape index (κ3) is 3.48. The number of aromatic nitrogens is 1. The lowest BCUT2D eigenvalue weighted by Crippen LogP contribution is -2.36. The van der Waals surface area contributed by atoms with Crippen molar-refractivity contribution in [3.63, 3.8) is 0 Å². The first-order valence-corrected chi connectivity index (χ1v) is 11.4. The van der Waals surface area contributed by atoms with Crippen LogP contribution in [-0.2, 0) is 19.9 Å². The van der Waals surface area contributed by atoms with Gasteiger partial charge in [0.2, 0.25) is 0 Å². The third-order valence-corrected chi connectivity index (χ3v) is 7.39. The van der Waals surface area contributed by atoms with Crippen molar-refractivity contribution in [2.24, 2.45) is 7.05 Å². The van der Waals surface area contributed by atoms with Crippen molar-refractivity contribution in [3.05, 3.63) is 102 Å². The molecule has 0 fully saturated rings. The zero-order valence-electron chi connectivity index (χ0n) is 19.5. The largest absolute Gasteiger partial charge is 0.351 e. The number of nitrogens with zero attached hydrogens (tertiary/aromatic N) is 5. The fourth-order valence-electron chi connectivity index (χ4n) is 5.71. The van der Waals surface area contributed by atoms with Crippen molar-refractivity contribution in [1.29, 1.82) is 0 Å². The van der Waals surface area contributed by atoms with Crippen molar-refractivity contribution in [2.45, 2.75) is 24.9 Å². The minimum atomic E-state index is -0.371. The zero-order chi connectivity index (χ0) is 24.1. The summed E-state index contributed by atoms with van der Waals surface area (Å²) < 4.78 is 2.33. The van der Waals surface area contributed by atoms with E-state index in [0.717, 1.165) is 37.1 Å². The van der Waals surface area contributed by atoms with Crippen molar-refractivity contribution in [1.82, 2.24) is 14.4 Å². The van der Waals surface area contributed by atoms with Crippen LogP contribution < -0.4 is 0 Å². The van der Waals surface area contributed by atoms with Crippen LogP contribution in [0.15, 0.2) is 48.5 Å². The molecule has 2 aromatic carbocycles. The van der Waals surface area contributed by atoms with Gasteiger partial charge in [0, 0.05) is 79.8 Å². The molecule has 2 aliphatic heterocycles.